The molecular weight excluding hydrogens is 352 g/mol. The fraction of sp³-hybridized carbons (Fsp3) is 0.600. The first kappa shape index (κ1) is 20.6. The summed E-state index contributed by atoms with van der Waals surface area (Å²) in [5.41, 5.74) is 0. The monoisotopic (exact) mass is 380 g/mol. The molecule has 1 aromatic rings. The number of carbonyl (C=O) groups excluding carboxylic acids is 2. The Morgan fingerprint density at radius 2 is 1.54 bits per heavy atom. The standard InChI is InChI=1S/C20H29ClN2O3/c1-4-16(5-2)20(25)23-12-6-11-22(13-14-23)19(24)15(3)26-18-9-7-17(21)8-10-18/h7-10,15-16H,4-6,11-14H2,1-3H3. The minimum atomic E-state index is -0.572. The van der Waals surface area contributed by atoms with Gasteiger partial charge in [-0.25, -0.2) is 0 Å². The molecule has 0 N–H and O–H groups in total. The summed E-state index contributed by atoms with van der Waals surface area (Å²) in [6.45, 7) is 8.37. The number of benzene rings is 1. The Morgan fingerprint density at radius 3 is 2.08 bits per heavy atom. The molecule has 1 saturated heterocycles. The second kappa shape index (κ2) is 9.81. The molecule has 1 aromatic carbocycles. The molecule has 0 aliphatic carbocycles. The molecule has 2 amide bonds. The fourth-order valence-electron chi connectivity index (χ4n) is 3.28. The van der Waals surface area contributed by atoms with E-state index < -0.39 is 6.10 Å². The smallest absolute Gasteiger partial charge is 0.263 e. The van der Waals surface area contributed by atoms with Crippen molar-refractivity contribution in [1.82, 2.24) is 9.80 Å². The van der Waals surface area contributed by atoms with E-state index in [1.54, 1.807) is 36.1 Å². The SMILES string of the molecule is CCC(CC)C(=O)N1CCCN(C(=O)C(C)Oc2ccc(Cl)cc2)CC1. The number of amides is 2. The molecular formula is C20H29ClN2O3. The summed E-state index contributed by atoms with van der Waals surface area (Å²) in [6, 6.07) is 6.98. The zero-order valence-corrected chi connectivity index (χ0v) is 16.7. The van der Waals surface area contributed by atoms with E-state index >= 15 is 0 Å². The second-order valence-electron chi connectivity index (χ2n) is 6.73. The first-order valence-corrected chi connectivity index (χ1v) is 9.83. The molecule has 0 bridgehead atoms. The van der Waals surface area contributed by atoms with Crippen LogP contribution >= 0.6 is 11.6 Å². The average molecular weight is 381 g/mol. The van der Waals surface area contributed by atoms with Crippen LogP contribution in [0.4, 0.5) is 0 Å². The van der Waals surface area contributed by atoms with Crippen LogP contribution in [-0.2, 0) is 9.59 Å². The topological polar surface area (TPSA) is 49.9 Å². The highest BCUT2D eigenvalue weighted by Crippen LogP contribution is 2.18. The van der Waals surface area contributed by atoms with Crippen LogP contribution in [0.1, 0.15) is 40.0 Å². The number of rotatable bonds is 6. The first-order chi connectivity index (χ1) is 12.5. The molecule has 0 saturated carbocycles. The summed E-state index contributed by atoms with van der Waals surface area (Å²) in [5.74, 6) is 0.881. The molecule has 6 heteroatoms. The molecule has 1 unspecified atom stereocenters. The van der Waals surface area contributed by atoms with Gasteiger partial charge in [-0.3, -0.25) is 9.59 Å². The maximum atomic E-state index is 12.7. The molecule has 5 nitrogen and oxygen atoms in total. The maximum absolute atomic E-state index is 12.7. The van der Waals surface area contributed by atoms with E-state index in [1.165, 1.54) is 0 Å². The van der Waals surface area contributed by atoms with Crippen LogP contribution in [0, 0.1) is 5.92 Å². The van der Waals surface area contributed by atoms with Gasteiger partial charge in [0.25, 0.3) is 5.91 Å². The van der Waals surface area contributed by atoms with Crippen molar-refractivity contribution in [2.24, 2.45) is 5.92 Å². The second-order valence-corrected chi connectivity index (χ2v) is 7.17. The van der Waals surface area contributed by atoms with Gasteiger partial charge >= 0.3 is 0 Å². The van der Waals surface area contributed by atoms with E-state index in [-0.39, 0.29) is 17.7 Å². The van der Waals surface area contributed by atoms with Crippen LogP contribution in [0.2, 0.25) is 5.02 Å². The Morgan fingerprint density at radius 1 is 1.00 bits per heavy atom. The number of hydrogen-bond donors (Lipinski definition) is 0. The third kappa shape index (κ3) is 5.37. The van der Waals surface area contributed by atoms with Crippen molar-refractivity contribution in [3.8, 4) is 5.75 Å². The van der Waals surface area contributed by atoms with Crippen molar-refractivity contribution in [2.45, 2.75) is 46.1 Å². The molecule has 0 spiro atoms. The summed E-state index contributed by atoms with van der Waals surface area (Å²) >= 11 is 5.87. The highest BCUT2D eigenvalue weighted by Gasteiger charge is 2.28. The van der Waals surface area contributed by atoms with E-state index in [2.05, 4.69) is 13.8 Å². The Hall–Kier alpha value is -1.75. The van der Waals surface area contributed by atoms with Gasteiger partial charge in [-0.05, 0) is 50.5 Å². The largest absolute Gasteiger partial charge is 0.481 e. The van der Waals surface area contributed by atoms with Crippen LogP contribution in [0.15, 0.2) is 24.3 Å². The normalized spacial score (nSPS) is 16.3. The predicted molar refractivity (Wildman–Crippen MR) is 103 cm³/mol. The summed E-state index contributed by atoms with van der Waals surface area (Å²) in [4.78, 5) is 29.0. The van der Waals surface area contributed by atoms with Gasteiger partial charge in [0, 0.05) is 37.1 Å². The number of nitrogens with zero attached hydrogens (tertiary/aromatic N) is 2. The lowest BCUT2D eigenvalue weighted by atomic mass is 10.0. The summed E-state index contributed by atoms with van der Waals surface area (Å²) in [5, 5.41) is 0.631. The highest BCUT2D eigenvalue weighted by molar-refractivity contribution is 6.30. The average Bonchev–Trinajstić information content (AvgIpc) is 2.90. The number of carbonyl (C=O) groups is 2. The lowest BCUT2D eigenvalue weighted by Crippen LogP contribution is -2.43. The van der Waals surface area contributed by atoms with Crippen molar-refractivity contribution < 1.29 is 14.3 Å². The maximum Gasteiger partial charge on any atom is 0.263 e. The van der Waals surface area contributed by atoms with Crippen LogP contribution in [0.25, 0.3) is 0 Å². The number of hydrogen-bond acceptors (Lipinski definition) is 3. The van der Waals surface area contributed by atoms with Crippen LogP contribution in [0.5, 0.6) is 5.75 Å². The summed E-state index contributed by atoms with van der Waals surface area (Å²) < 4.78 is 5.74. The third-order valence-corrected chi connectivity index (χ3v) is 5.18. The first-order valence-electron chi connectivity index (χ1n) is 9.46. The van der Waals surface area contributed by atoms with Gasteiger partial charge in [-0.2, -0.15) is 0 Å². The van der Waals surface area contributed by atoms with Gasteiger partial charge in [0.15, 0.2) is 6.10 Å². The Kier molecular flexibility index (Phi) is 7.76. The molecule has 0 radical (unpaired) electrons. The lowest BCUT2D eigenvalue weighted by Gasteiger charge is -2.26. The molecule has 0 aromatic heterocycles. The highest BCUT2D eigenvalue weighted by atomic mass is 35.5. The number of ether oxygens (including phenoxy) is 1. The van der Waals surface area contributed by atoms with Crippen molar-refractivity contribution in [3.63, 3.8) is 0 Å². The molecule has 2 rings (SSSR count). The zero-order chi connectivity index (χ0) is 19.1. The van der Waals surface area contributed by atoms with E-state index in [9.17, 15) is 9.59 Å². The van der Waals surface area contributed by atoms with Gasteiger partial charge in [0.1, 0.15) is 5.75 Å². The van der Waals surface area contributed by atoms with Crippen molar-refractivity contribution in [2.75, 3.05) is 26.2 Å². The predicted octanol–water partition coefficient (Wildman–Crippen LogP) is 3.60. The number of halogens is 1. The Balaban J connectivity index is 1.91. The zero-order valence-electron chi connectivity index (χ0n) is 15.9. The van der Waals surface area contributed by atoms with Crippen molar-refractivity contribution >= 4 is 23.4 Å². The molecule has 1 fully saturated rings. The molecule has 1 atom stereocenters. The molecule has 1 aliphatic heterocycles. The van der Waals surface area contributed by atoms with Crippen molar-refractivity contribution in [3.05, 3.63) is 29.3 Å². The Bertz CT molecular complexity index is 602. The third-order valence-electron chi connectivity index (χ3n) is 4.93. The van der Waals surface area contributed by atoms with Gasteiger partial charge in [-0.15, -0.1) is 0 Å². The quantitative estimate of drug-likeness (QED) is 0.757. The Labute approximate surface area is 161 Å². The summed E-state index contributed by atoms with van der Waals surface area (Å²) in [7, 11) is 0. The van der Waals surface area contributed by atoms with Gasteiger partial charge < -0.3 is 14.5 Å². The van der Waals surface area contributed by atoms with E-state index in [4.69, 9.17) is 16.3 Å². The molecule has 1 heterocycles. The van der Waals surface area contributed by atoms with Gasteiger partial charge in [0.2, 0.25) is 5.91 Å². The van der Waals surface area contributed by atoms with E-state index in [1.807, 2.05) is 4.90 Å². The minimum absolute atomic E-state index is 0.0446. The van der Waals surface area contributed by atoms with E-state index in [0.29, 0.717) is 37.0 Å². The van der Waals surface area contributed by atoms with Crippen LogP contribution in [-0.4, -0.2) is 53.9 Å². The van der Waals surface area contributed by atoms with Crippen LogP contribution in [0.3, 0.4) is 0 Å². The molecule has 1 aliphatic rings. The van der Waals surface area contributed by atoms with Crippen LogP contribution < -0.4 is 4.74 Å². The van der Waals surface area contributed by atoms with Gasteiger partial charge in [0.05, 0.1) is 0 Å². The fourth-order valence-corrected chi connectivity index (χ4v) is 3.41. The molecule has 26 heavy (non-hydrogen) atoms. The minimum Gasteiger partial charge on any atom is -0.481 e. The molecule has 144 valence electrons. The van der Waals surface area contributed by atoms with Gasteiger partial charge in [-0.1, -0.05) is 25.4 Å². The van der Waals surface area contributed by atoms with Crippen molar-refractivity contribution in [1.29, 1.82) is 0 Å². The van der Waals surface area contributed by atoms with E-state index in [0.717, 1.165) is 19.3 Å². The lowest BCUT2D eigenvalue weighted by molar-refractivity contribution is -0.139. The summed E-state index contributed by atoms with van der Waals surface area (Å²) in [6.07, 6.45) is 1.95.